The molecular weight excluding hydrogens is 196 g/mol. The van der Waals surface area contributed by atoms with Crippen LogP contribution in [0.15, 0.2) is 11.7 Å². The predicted molar refractivity (Wildman–Crippen MR) is 53.6 cm³/mol. The highest BCUT2D eigenvalue weighted by Crippen LogP contribution is 2.47. The third kappa shape index (κ3) is 1.43. The zero-order valence-corrected chi connectivity index (χ0v) is 8.63. The number of hydrogen-bond donors (Lipinski definition) is 1. The summed E-state index contributed by atoms with van der Waals surface area (Å²) in [5.74, 6) is 0. The second-order valence-corrected chi connectivity index (χ2v) is 4.70. The van der Waals surface area contributed by atoms with E-state index in [-0.39, 0.29) is 0 Å². The van der Waals surface area contributed by atoms with Crippen LogP contribution in [0.4, 0.5) is 0 Å². The van der Waals surface area contributed by atoms with Gasteiger partial charge in [0.15, 0.2) is 0 Å². The molecule has 1 heterocycles. The van der Waals surface area contributed by atoms with Gasteiger partial charge in [-0.15, -0.1) is 11.3 Å². The third-order valence-corrected chi connectivity index (χ3v) is 3.79. The van der Waals surface area contributed by atoms with Crippen LogP contribution in [0.1, 0.15) is 36.7 Å². The van der Waals surface area contributed by atoms with E-state index < -0.39 is 11.5 Å². The SMILES string of the molecule is N#CC1(C(O)c2cncs2)CCCC1. The maximum Gasteiger partial charge on any atom is 0.108 e. The van der Waals surface area contributed by atoms with Gasteiger partial charge in [-0.3, -0.25) is 4.98 Å². The molecule has 1 aliphatic rings. The number of hydrogen-bond acceptors (Lipinski definition) is 4. The molecule has 14 heavy (non-hydrogen) atoms. The normalized spacial score (nSPS) is 21.7. The van der Waals surface area contributed by atoms with Crippen molar-refractivity contribution in [2.45, 2.75) is 31.8 Å². The minimum absolute atomic E-state index is 0.549. The number of nitriles is 1. The molecule has 4 heteroatoms. The molecule has 3 nitrogen and oxygen atoms in total. The van der Waals surface area contributed by atoms with Crippen LogP contribution in [0.2, 0.25) is 0 Å². The standard InChI is InChI=1S/C10H12N2OS/c11-6-10(3-1-2-4-10)9(13)8-5-12-7-14-8/h5,7,9,13H,1-4H2. The average molecular weight is 208 g/mol. The molecule has 1 atom stereocenters. The number of thiazole rings is 1. The monoisotopic (exact) mass is 208 g/mol. The van der Waals surface area contributed by atoms with Gasteiger partial charge in [0.1, 0.15) is 6.10 Å². The Balaban J connectivity index is 2.25. The molecule has 1 aromatic rings. The Kier molecular flexibility index (Phi) is 2.53. The molecule has 1 N–H and O–H groups in total. The van der Waals surface area contributed by atoms with E-state index in [0.29, 0.717) is 0 Å². The van der Waals surface area contributed by atoms with E-state index >= 15 is 0 Å². The second kappa shape index (κ2) is 3.68. The van der Waals surface area contributed by atoms with Crippen LogP contribution in [0, 0.1) is 16.7 Å². The highest BCUT2D eigenvalue weighted by Gasteiger charge is 2.42. The summed E-state index contributed by atoms with van der Waals surface area (Å²) in [5, 5.41) is 19.3. The summed E-state index contributed by atoms with van der Waals surface area (Å²) in [6, 6.07) is 2.29. The van der Waals surface area contributed by atoms with E-state index in [0.717, 1.165) is 30.6 Å². The summed E-state index contributed by atoms with van der Waals surface area (Å²) in [7, 11) is 0. The lowest BCUT2D eigenvalue weighted by molar-refractivity contribution is 0.0701. The molecule has 0 aromatic carbocycles. The van der Waals surface area contributed by atoms with Gasteiger partial charge in [0, 0.05) is 6.20 Å². The van der Waals surface area contributed by atoms with Crippen LogP contribution < -0.4 is 0 Å². The Bertz CT molecular complexity index is 336. The van der Waals surface area contributed by atoms with Gasteiger partial charge < -0.3 is 5.11 Å². The minimum Gasteiger partial charge on any atom is -0.386 e. The van der Waals surface area contributed by atoms with Gasteiger partial charge in [-0.25, -0.2) is 0 Å². The zero-order valence-electron chi connectivity index (χ0n) is 7.81. The molecule has 2 rings (SSSR count). The number of aromatic nitrogens is 1. The lowest BCUT2D eigenvalue weighted by atomic mass is 9.81. The van der Waals surface area contributed by atoms with Gasteiger partial charge in [-0.2, -0.15) is 5.26 Å². The van der Waals surface area contributed by atoms with Crippen LogP contribution in [-0.4, -0.2) is 10.1 Å². The fourth-order valence-corrected chi connectivity index (χ4v) is 2.80. The largest absolute Gasteiger partial charge is 0.386 e. The molecule has 74 valence electrons. The molecule has 1 saturated carbocycles. The number of nitrogens with zero attached hydrogens (tertiary/aromatic N) is 2. The van der Waals surface area contributed by atoms with E-state index in [9.17, 15) is 5.11 Å². The van der Waals surface area contributed by atoms with Crippen molar-refractivity contribution in [1.82, 2.24) is 4.98 Å². The lowest BCUT2D eigenvalue weighted by Gasteiger charge is -2.25. The highest BCUT2D eigenvalue weighted by atomic mass is 32.1. The summed E-state index contributed by atoms with van der Waals surface area (Å²) in [5.41, 5.74) is 1.14. The van der Waals surface area contributed by atoms with Crippen molar-refractivity contribution < 1.29 is 5.11 Å². The lowest BCUT2D eigenvalue weighted by Crippen LogP contribution is -2.23. The van der Waals surface area contributed by atoms with Crippen molar-refractivity contribution in [1.29, 1.82) is 5.26 Å². The van der Waals surface area contributed by atoms with Crippen LogP contribution in [-0.2, 0) is 0 Å². The third-order valence-electron chi connectivity index (χ3n) is 2.96. The number of aliphatic hydroxyl groups excluding tert-OH is 1. The Morgan fingerprint density at radius 3 is 2.79 bits per heavy atom. The smallest absolute Gasteiger partial charge is 0.108 e. The average Bonchev–Trinajstić information content (AvgIpc) is 2.89. The molecule has 0 amide bonds. The van der Waals surface area contributed by atoms with Crippen LogP contribution in [0.3, 0.4) is 0 Å². The Hall–Kier alpha value is -0.920. The highest BCUT2D eigenvalue weighted by molar-refractivity contribution is 7.09. The van der Waals surface area contributed by atoms with E-state index in [4.69, 9.17) is 5.26 Å². The van der Waals surface area contributed by atoms with Gasteiger partial charge in [0.25, 0.3) is 0 Å². The predicted octanol–water partition coefficient (Wildman–Crippen LogP) is 2.26. The van der Waals surface area contributed by atoms with Gasteiger partial charge in [-0.05, 0) is 12.8 Å². The summed E-state index contributed by atoms with van der Waals surface area (Å²) in [6.07, 6.45) is 4.72. The topological polar surface area (TPSA) is 56.9 Å². The van der Waals surface area contributed by atoms with Gasteiger partial charge >= 0.3 is 0 Å². The number of rotatable bonds is 2. The molecule has 1 unspecified atom stereocenters. The van der Waals surface area contributed by atoms with Gasteiger partial charge in [-0.1, -0.05) is 12.8 Å². The molecule has 1 aliphatic carbocycles. The molecular formula is C10H12N2OS. The van der Waals surface area contributed by atoms with Crippen molar-refractivity contribution in [2.24, 2.45) is 5.41 Å². The minimum atomic E-state index is -0.650. The Labute approximate surface area is 87.0 Å². The van der Waals surface area contributed by atoms with E-state index in [2.05, 4.69) is 11.1 Å². The van der Waals surface area contributed by atoms with Crippen LogP contribution in [0.25, 0.3) is 0 Å². The van der Waals surface area contributed by atoms with Crippen molar-refractivity contribution in [2.75, 3.05) is 0 Å². The fraction of sp³-hybridized carbons (Fsp3) is 0.600. The molecule has 1 aromatic heterocycles. The molecule has 0 aliphatic heterocycles. The maximum atomic E-state index is 10.1. The molecule has 0 saturated heterocycles. The van der Waals surface area contributed by atoms with Gasteiger partial charge in [0.05, 0.1) is 21.9 Å². The first-order valence-electron chi connectivity index (χ1n) is 4.76. The van der Waals surface area contributed by atoms with Crippen LogP contribution in [0.5, 0.6) is 0 Å². The first-order chi connectivity index (χ1) is 6.78. The fourth-order valence-electron chi connectivity index (χ4n) is 2.09. The van der Waals surface area contributed by atoms with Crippen LogP contribution >= 0.6 is 11.3 Å². The summed E-state index contributed by atoms with van der Waals surface area (Å²) < 4.78 is 0. The van der Waals surface area contributed by atoms with Crippen molar-refractivity contribution in [3.8, 4) is 6.07 Å². The summed E-state index contributed by atoms with van der Waals surface area (Å²) in [6.45, 7) is 0. The number of aliphatic hydroxyl groups is 1. The second-order valence-electron chi connectivity index (χ2n) is 3.78. The van der Waals surface area contributed by atoms with E-state index in [1.165, 1.54) is 11.3 Å². The van der Waals surface area contributed by atoms with E-state index in [1.54, 1.807) is 11.7 Å². The van der Waals surface area contributed by atoms with Crippen molar-refractivity contribution in [3.05, 3.63) is 16.6 Å². The molecule has 0 radical (unpaired) electrons. The quantitative estimate of drug-likeness (QED) is 0.811. The molecule has 0 bridgehead atoms. The van der Waals surface area contributed by atoms with E-state index in [1.807, 2.05) is 0 Å². The molecule has 0 spiro atoms. The van der Waals surface area contributed by atoms with Gasteiger partial charge in [0.2, 0.25) is 0 Å². The van der Waals surface area contributed by atoms with Crippen molar-refractivity contribution in [3.63, 3.8) is 0 Å². The first-order valence-corrected chi connectivity index (χ1v) is 5.64. The van der Waals surface area contributed by atoms with Crippen molar-refractivity contribution >= 4 is 11.3 Å². The first kappa shape index (κ1) is 9.63. The Morgan fingerprint density at radius 2 is 2.29 bits per heavy atom. The Morgan fingerprint density at radius 1 is 1.57 bits per heavy atom. The zero-order chi connectivity index (χ0) is 10.0. The summed E-state index contributed by atoms with van der Waals surface area (Å²) >= 11 is 1.42. The maximum absolute atomic E-state index is 10.1. The summed E-state index contributed by atoms with van der Waals surface area (Å²) in [4.78, 5) is 4.74. The molecule has 1 fully saturated rings.